The summed E-state index contributed by atoms with van der Waals surface area (Å²) in [4.78, 5) is 10.2. The highest BCUT2D eigenvalue weighted by atomic mass is 32.1. The molecule has 0 aromatic heterocycles. The van der Waals surface area contributed by atoms with E-state index < -0.39 is 6.16 Å². The third-order valence-corrected chi connectivity index (χ3v) is 2.01. The molecular formula is C9H8O4S. The molecule has 0 aliphatic rings. The first kappa shape index (κ1) is 10.5. The summed E-state index contributed by atoms with van der Waals surface area (Å²) in [6.07, 6.45) is -1.48. The molecule has 74 valence electrons. The van der Waals surface area contributed by atoms with Crippen molar-refractivity contribution in [3.05, 3.63) is 35.4 Å². The number of carbonyl (C=O) groups is 1. The predicted octanol–water partition coefficient (Wildman–Crippen LogP) is 1.38. The second kappa shape index (κ2) is 4.57. The quantitative estimate of drug-likeness (QED) is 0.564. The molecule has 5 heteroatoms. The van der Waals surface area contributed by atoms with Gasteiger partial charge in [0.05, 0.1) is 0 Å². The fourth-order valence-corrected chi connectivity index (χ4v) is 1.23. The van der Waals surface area contributed by atoms with E-state index in [9.17, 15) is 9.00 Å². The van der Waals surface area contributed by atoms with E-state index in [4.69, 9.17) is 5.11 Å². The van der Waals surface area contributed by atoms with Gasteiger partial charge in [-0.25, -0.2) is 9.00 Å². The molecule has 0 bridgehead atoms. The monoisotopic (exact) mass is 212 g/mol. The summed E-state index contributed by atoms with van der Waals surface area (Å²) >= 11 is 0.0208. The molecular weight excluding hydrogens is 204 g/mol. The highest BCUT2D eigenvalue weighted by Gasteiger charge is 2.08. The third-order valence-electron chi connectivity index (χ3n) is 1.54. The molecule has 1 aromatic carbocycles. The predicted molar refractivity (Wildman–Crippen MR) is 52.5 cm³/mol. The van der Waals surface area contributed by atoms with Crippen molar-refractivity contribution in [2.24, 2.45) is 0 Å². The van der Waals surface area contributed by atoms with Gasteiger partial charge in [0, 0.05) is 5.56 Å². The number of rotatable bonds is 1. The van der Waals surface area contributed by atoms with Gasteiger partial charge < -0.3 is 9.84 Å². The average molecular weight is 212 g/mol. The van der Waals surface area contributed by atoms with Gasteiger partial charge in [0.2, 0.25) is 5.05 Å². The Morgan fingerprint density at radius 1 is 1.36 bits per heavy atom. The van der Waals surface area contributed by atoms with Gasteiger partial charge in [-0.2, -0.15) is 0 Å². The number of aryl methyl sites for hydroxylation is 1. The largest absolute Gasteiger partial charge is 0.512 e. The molecule has 1 rings (SSSR count). The van der Waals surface area contributed by atoms with Crippen LogP contribution in [0.2, 0.25) is 0 Å². The van der Waals surface area contributed by atoms with Gasteiger partial charge in [-0.15, -0.1) is 0 Å². The van der Waals surface area contributed by atoms with Crippen molar-refractivity contribution in [1.82, 2.24) is 0 Å². The standard InChI is InChI=1S/C9H8O4S/c1-6-2-4-7(5-3-6)8(14-12)13-9(10)11/h2-5H,1H3,(H,10,11). The molecule has 1 aromatic rings. The minimum absolute atomic E-state index is 0.0208. The lowest BCUT2D eigenvalue weighted by molar-refractivity contribution is 0.142. The zero-order valence-corrected chi connectivity index (χ0v) is 8.21. The molecule has 0 spiro atoms. The molecule has 0 unspecified atom stereocenters. The summed E-state index contributed by atoms with van der Waals surface area (Å²) < 4.78 is 14.9. The van der Waals surface area contributed by atoms with Gasteiger partial charge in [0.25, 0.3) is 0 Å². The maximum Gasteiger partial charge on any atom is 0.512 e. The average Bonchev–Trinajstić information content (AvgIpc) is 2.15. The molecule has 0 atom stereocenters. The Morgan fingerprint density at radius 2 is 1.93 bits per heavy atom. The molecule has 0 heterocycles. The van der Waals surface area contributed by atoms with Crippen LogP contribution in [0, 0.1) is 6.92 Å². The maximum absolute atomic E-state index is 10.5. The fraction of sp³-hybridized carbons (Fsp3) is 0.111. The number of ether oxygens (including phenoxy) is 1. The van der Waals surface area contributed by atoms with Crippen LogP contribution < -0.4 is 0 Å². The van der Waals surface area contributed by atoms with Crippen LogP contribution in [0.3, 0.4) is 0 Å². The Labute approximate surface area is 84.2 Å². The number of benzene rings is 1. The van der Waals surface area contributed by atoms with E-state index in [0.29, 0.717) is 5.56 Å². The second-order valence-electron chi connectivity index (χ2n) is 2.60. The van der Waals surface area contributed by atoms with Crippen LogP contribution >= 0.6 is 0 Å². The number of hydrogen-bond donors (Lipinski definition) is 1. The first-order chi connectivity index (χ1) is 6.63. The van der Waals surface area contributed by atoms with E-state index in [1.54, 1.807) is 24.3 Å². The van der Waals surface area contributed by atoms with Gasteiger partial charge in [-0.05, 0) is 19.1 Å². The molecule has 4 nitrogen and oxygen atoms in total. The highest BCUT2D eigenvalue weighted by molar-refractivity contribution is 7.66. The summed E-state index contributed by atoms with van der Waals surface area (Å²) in [5, 5.41) is 8.18. The van der Waals surface area contributed by atoms with Crippen molar-refractivity contribution in [2.75, 3.05) is 0 Å². The lowest BCUT2D eigenvalue weighted by Gasteiger charge is -2.01. The molecule has 0 amide bonds. The summed E-state index contributed by atoms with van der Waals surface area (Å²) in [6, 6.07) is 6.82. The lowest BCUT2D eigenvalue weighted by Crippen LogP contribution is -2.11. The molecule has 0 aliphatic heterocycles. The van der Waals surface area contributed by atoms with Crippen molar-refractivity contribution in [3.63, 3.8) is 0 Å². The van der Waals surface area contributed by atoms with E-state index in [1.165, 1.54) is 0 Å². The molecule has 0 saturated heterocycles. The van der Waals surface area contributed by atoms with E-state index in [2.05, 4.69) is 4.74 Å². The van der Waals surface area contributed by atoms with Crippen LogP contribution in [0.5, 0.6) is 0 Å². The van der Waals surface area contributed by atoms with Crippen molar-refractivity contribution < 1.29 is 18.8 Å². The first-order valence-corrected chi connectivity index (χ1v) is 4.52. The van der Waals surface area contributed by atoms with Crippen LogP contribution in [0.1, 0.15) is 11.1 Å². The van der Waals surface area contributed by atoms with Crippen LogP contribution in [-0.2, 0) is 16.0 Å². The Kier molecular flexibility index (Phi) is 3.41. The van der Waals surface area contributed by atoms with Crippen molar-refractivity contribution in [2.45, 2.75) is 6.92 Å². The molecule has 0 aliphatic carbocycles. The molecule has 14 heavy (non-hydrogen) atoms. The lowest BCUT2D eigenvalue weighted by atomic mass is 10.2. The van der Waals surface area contributed by atoms with Gasteiger partial charge >= 0.3 is 6.16 Å². The van der Waals surface area contributed by atoms with E-state index in [-0.39, 0.29) is 16.3 Å². The van der Waals surface area contributed by atoms with Gasteiger partial charge in [-0.1, -0.05) is 17.7 Å². The van der Waals surface area contributed by atoms with Crippen molar-refractivity contribution in [3.8, 4) is 0 Å². The summed E-state index contributed by atoms with van der Waals surface area (Å²) in [6.45, 7) is 1.89. The van der Waals surface area contributed by atoms with Crippen LogP contribution in [0.25, 0.3) is 0 Å². The zero-order valence-electron chi connectivity index (χ0n) is 7.39. The number of carboxylic acid groups (broad SMARTS) is 1. The minimum Gasteiger partial charge on any atom is -0.449 e. The first-order valence-electron chi connectivity index (χ1n) is 3.78. The molecule has 0 radical (unpaired) electrons. The molecule has 0 fully saturated rings. The summed E-state index contributed by atoms with van der Waals surface area (Å²) in [5.41, 5.74) is 1.50. The normalized spacial score (nSPS) is 9.21. The van der Waals surface area contributed by atoms with Crippen LogP contribution in [0.4, 0.5) is 4.79 Å². The SMILES string of the molecule is Cc1ccc(C(OC(=O)O)=S=O)cc1. The van der Waals surface area contributed by atoms with Crippen LogP contribution in [-0.4, -0.2) is 20.5 Å². The Hall–Kier alpha value is -1.62. The van der Waals surface area contributed by atoms with Gasteiger partial charge in [0.1, 0.15) is 11.3 Å². The molecule has 1 N–H and O–H groups in total. The minimum atomic E-state index is -1.48. The number of hydrogen-bond acceptors (Lipinski definition) is 3. The van der Waals surface area contributed by atoms with E-state index in [1.807, 2.05) is 6.92 Å². The zero-order chi connectivity index (χ0) is 10.6. The highest BCUT2D eigenvalue weighted by Crippen LogP contribution is 2.04. The Bertz CT molecular complexity index is 390. The topological polar surface area (TPSA) is 63.6 Å². The van der Waals surface area contributed by atoms with Crippen molar-refractivity contribution in [1.29, 1.82) is 0 Å². The Balaban J connectivity index is 2.97. The second-order valence-corrected chi connectivity index (χ2v) is 3.14. The van der Waals surface area contributed by atoms with Gasteiger partial charge in [-0.3, -0.25) is 0 Å². The van der Waals surface area contributed by atoms with E-state index in [0.717, 1.165) is 5.56 Å². The van der Waals surface area contributed by atoms with E-state index >= 15 is 0 Å². The van der Waals surface area contributed by atoms with Gasteiger partial charge in [0.15, 0.2) is 0 Å². The maximum atomic E-state index is 10.5. The Morgan fingerprint density at radius 3 is 2.36 bits per heavy atom. The summed E-state index contributed by atoms with van der Waals surface area (Å²) in [7, 11) is 0. The molecule has 0 saturated carbocycles. The van der Waals surface area contributed by atoms with Crippen LogP contribution in [0.15, 0.2) is 24.3 Å². The van der Waals surface area contributed by atoms with Crippen molar-refractivity contribution >= 4 is 22.5 Å². The summed E-state index contributed by atoms with van der Waals surface area (Å²) in [5.74, 6) is 0. The third kappa shape index (κ3) is 2.70. The fourth-order valence-electron chi connectivity index (χ4n) is 0.893. The smallest absolute Gasteiger partial charge is 0.449 e.